The van der Waals surface area contributed by atoms with Crippen LogP contribution in [0.5, 0.6) is 0 Å². The molecule has 3 nitrogen and oxygen atoms in total. The summed E-state index contributed by atoms with van der Waals surface area (Å²) in [5.74, 6) is -0.0371. The normalized spacial score (nSPS) is 11.2. The summed E-state index contributed by atoms with van der Waals surface area (Å²) in [5, 5.41) is 0. The highest BCUT2D eigenvalue weighted by Gasteiger charge is 2.05. The molecule has 0 radical (unpaired) electrons. The summed E-state index contributed by atoms with van der Waals surface area (Å²) < 4.78 is 5.28. The van der Waals surface area contributed by atoms with E-state index in [0.29, 0.717) is 13.2 Å². The molecule has 0 amide bonds. The third kappa shape index (κ3) is 16.3. The van der Waals surface area contributed by atoms with Crippen molar-refractivity contribution in [3.05, 3.63) is 0 Å². The van der Waals surface area contributed by atoms with E-state index in [1.54, 1.807) is 0 Å². The maximum atomic E-state index is 11.6. The molecule has 3 heteroatoms. The molecule has 0 spiro atoms. The van der Waals surface area contributed by atoms with Gasteiger partial charge in [0.05, 0.1) is 0 Å². The van der Waals surface area contributed by atoms with Crippen LogP contribution in [0.25, 0.3) is 0 Å². The molecule has 0 atom stereocenters. The molecule has 0 saturated carbocycles. The minimum atomic E-state index is -0.0371. The van der Waals surface area contributed by atoms with Gasteiger partial charge in [0, 0.05) is 6.42 Å². The Bertz CT molecular complexity index is 265. The van der Waals surface area contributed by atoms with Crippen LogP contribution in [-0.4, -0.2) is 30.7 Å². The van der Waals surface area contributed by atoms with E-state index in [9.17, 15) is 4.79 Å². The quantitative estimate of drug-likeness (QED) is 0.166. The molecule has 144 valence electrons. The SMILES string of the molecule is CCCCCCCCCCCCCCCC(=O)OCN(CC)CC. The molecule has 0 heterocycles. The number of unbranched alkanes of at least 4 members (excludes halogenated alkanes) is 12. The molecule has 0 unspecified atom stereocenters. The zero-order valence-electron chi connectivity index (χ0n) is 16.8. The predicted molar refractivity (Wildman–Crippen MR) is 104 cm³/mol. The number of rotatable bonds is 18. The summed E-state index contributed by atoms with van der Waals surface area (Å²) in [6.45, 7) is 8.76. The Balaban J connectivity index is 3.20. The fourth-order valence-electron chi connectivity index (χ4n) is 2.93. The van der Waals surface area contributed by atoms with Crippen molar-refractivity contribution >= 4 is 5.97 Å². The van der Waals surface area contributed by atoms with Crippen molar-refractivity contribution in [1.29, 1.82) is 0 Å². The molecule has 0 saturated heterocycles. The van der Waals surface area contributed by atoms with Crippen molar-refractivity contribution in [2.75, 3.05) is 19.8 Å². The highest BCUT2D eigenvalue weighted by molar-refractivity contribution is 5.69. The molecule has 0 aliphatic rings. The van der Waals surface area contributed by atoms with Crippen LogP contribution < -0.4 is 0 Å². The fraction of sp³-hybridized carbons (Fsp3) is 0.952. The van der Waals surface area contributed by atoms with Crippen molar-refractivity contribution in [2.24, 2.45) is 0 Å². The van der Waals surface area contributed by atoms with Crippen molar-refractivity contribution in [2.45, 2.75) is 111 Å². The summed E-state index contributed by atoms with van der Waals surface area (Å²) >= 11 is 0. The first kappa shape index (κ1) is 23.4. The molecule has 0 aromatic heterocycles. The number of ether oxygens (including phenoxy) is 1. The smallest absolute Gasteiger partial charge is 0.307 e. The molecule has 0 aliphatic carbocycles. The number of nitrogens with zero attached hydrogens (tertiary/aromatic N) is 1. The van der Waals surface area contributed by atoms with Gasteiger partial charge >= 0.3 is 5.97 Å². The summed E-state index contributed by atoms with van der Waals surface area (Å²) in [7, 11) is 0. The largest absolute Gasteiger partial charge is 0.449 e. The Morgan fingerprint density at radius 2 is 1.08 bits per heavy atom. The zero-order chi connectivity index (χ0) is 17.9. The van der Waals surface area contributed by atoms with E-state index < -0.39 is 0 Å². The highest BCUT2D eigenvalue weighted by Crippen LogP contribution is 2.13. The maximum Gasteiger partial charge on any atom is 0.307 e. The number of hydrogen-bond donors (Lipinski definition) is 0. The first-order valence-corrected chi connectivity index (χ1v) is 10.6. The fourth-order valence-corrected chi connectivity index (χ4v) is 2.93. The van der Waals surface area contributed by atoms with Crippen LogP contribution in [0, 0.1) is 0 Å². The van der Waals surface area contributed by atoms with Crippen LogP contribution in [-0.2, 0) is 9.53 Å². The molecule has 0 rings (SSSR count). The van der Waals surface area contributed by atoms with Crippen molar-refractivity contribution in [1.82, 2.24) is 4.90 Å². The summed E-state index contributed by atoms with van der Waals surface area (Å²) in [6, 6.07) is 0. The van der Waals surface area contributed by atoms with Gasteiger partial charge < -0.3 is 4.74 Å². The Kier molecular flexibility index (Phi) is 18.3. The van der Waals surface area contributed by atoms with Gasteiger partial charge in [0.2, 0.25) is 0 Å². The first-order valence-electron chi connectivity index (χ1n) is 10.6. The second kappa shape index (κ2) is 18.8. The Morgan fingerprint density at radius 3 is 1.50 bits per heavy atom. The Morgan fingerprint density at radius 1 is 0.667 bits per heavy atom. The van der Waals surface area contributed by atoms with E-state index in [-0.39, 0.29) is 5.97 Å². The van der Waals surface area contributed by atoms with E-state index in [1.807, 2.05) is 0 Å². The highest BCUT2D eigenvalue weighted by atomic mass is 16.5. The molecule has 0 aromatic carbocycles. The standard InChI is InChI=1S/C21H43NO2/c1-4-7-8-9-10-11-12-13-14-15-16-17-18-19-21(23)24-20-22(5-2)6-3/h4-20H2,1-3H3. The van der Waals surface area contributed by atoms with Gasteiger partial charge in [-0.15, -0.1) is 0 Å². The molecule has 0 N–H and O–H groups in total. The second-order valence-electron chi connectivity index (χ2n) is 6.94. The monoisotopic (exact) mass is 341 g/mol. The van der Waals surface area contributed by atoms with E-state index in [1.165, 1.54) is 70.6 Å². The number of carbonyl (C=O) groups excluding carboxylic acids is 1. The van der Waals surface area contributed by atoms with Crippen molar-refractivity contribution in [3.63, 3.8) is 0 Å². The van der Waals surface area contributed by atoms with Gasteiger partial charge in [-0.3, -0.25) is 9.69 Å². The molecule has 24 heavy (non-hydrogen) atoms. The number of carbonyl (C=O) groups is 1. The van der Waals surface area contributed by atoms with Crippen LogP contribution in [0.15, 0.2) is 0 Å². The molecular weight excluding hydrogens is 298 g/mol. The van der Waals surface area contributed by atoms with Crippen molar-refractivity contribution < 1.29 is 9.53 Å². The van der Waals surface area contributed by atoms with E-state index in [0.717, 1.165) is 25.9 Å². The van der Waals surface area contributed by atoms with Crippen molar-refractivity contribution in [3.8, 4) is 0 Å². The number of esters is 1. The average Bonchev–Trinajstić information content (AvgIpc) is 2.60. The van der Waals surface area contributed by atoms with Gasteiger partial charge in [-0.1, -0.05) is 97.8 Å². The van der Waals surface area contributed by atoms with Crippen LogP contribution in [0.3, 0.4) is 0 Å². The topological polar surface area (TPSA) is 29.5 Å². The van der Waals surface area contributed by atoms with Crippen LogP contribution in [0.2, 0.25) is 0 Å². The molecule has 0 fully saturated rings. The van der Waals surface area contributed by atoms with Gasteiger partial charge in [-0.05, 0) is 19.5 Å². The van der Waals surface area contributed by atoms with E-state index in [2.05, 4.69) is 25.7 Å². The third-order valence-corrected chi connectivity index (χ3v) is 4.79. The van der Waals surface area contributed by atoms with Gasteiger partial charge in [-0.2, -0.15) is 0 Å². The van der Waals surface area contributed by atoms with E-state index >= 15 is 0 Å². The second-order valence-corrected chi connectivity index (χ2v) is 6.94. The van der Waals surface area contributed by atoms with Gasteiger partial charge in [0.15, 0.2) is 0 Å². The lowest BCUT2D eigenvalue weighted by Crippen LogP contribution is -2.27. The Hall–Kier alpha value is -0.570. The molecular formula is C21H43NO2. The summed E-state index contributed by atoms with van der Waals surface area (Å²) in [6.07, 6.45) is 17.9. The minimum absolute atomic E-state index is 0.0371. The summed E-state index contributed by atoms with van der Waals surface area (Å²) in [5.41, 5.74) is 0. The van der Waals surface area contributed by atoms with Gasteiger partial charge in [0.25, 0.3) is 0 Å². The van der Waals surface area contributed by atoms with Gasteiger partial charge in [0.1, 0.15) is 6.73 Å². The predicted octanol–water partition coefficient (Wildman–Crippen LogP) is 6.31. The third-order valence-electron chi connectivity index (χ3n) is 4.79. The summed E-state index contributed by atoms with van der Waals surface area (Å²) in [4.78, 5) is 13.7. The van der Waals surface area contributed by atoms with E-state index in [4.69, 9.17) is 4.74 Å². The van der Waals surface area contributed by atoms with Crippen LogP contribution in [0.1, 0.15) is 111 Å². The Labute approximate surface area is 151 Å². The van der Waals surface area contributed by atoms with Gasteiger partial charge in [-0.25, -0.2) is 0 Å². The molecule has 0 aromatic rings. The lowest BCUT2D eigenvalue weighted by molar-refractivity contribution is -0.148. The van der Waals surface area contributed by atoms with Crippen LogP contribution >= 0.6 is 0 Å². The molecule has 0 bridgehead atoms. The first-order chi connectivity index (χ1) is 11.7. The number of hydrogen-bond acceptors (Lipinski definition) is 3. The van der Waals surface area contributed by atoms with Crippen LogP contribution in [0.4, 0.5) is 0 Å². The molecule has 0 aliphatic heterocycles. The maximum absolute atomic E-state index is 11.6. The minimum Gasteiger partial charge on any atom is -0.449 e. The lowest BCUT2D eigenvalue weighted by atomic mass is 10.0. The lowest BCUT2D eigenvalue weighted by Gasteiger charge is -2.17. The zero-order valence-corrected chi connectivity index (χ0v) is 16.8. The average molecular weight is 342 g/mol.